The lowest BCUT2D eigenvalue weighted by Crippen LogP contribution is -2.50. The van der Waals surface area contributed by atoms with Gasteiger partial charge < -0.3 is 5.32 Å². The molecule has 0 spiro atoms. The van der Waals surface area contributed by atoms with Crippen molar-refractivity contribution in [3.8, 4) is 10.7 Å². The highest BCUT2D eigenvalue weighted by molar-refractivity contribution is 7.89. The maximum Gasteiger partial charge on any atom is 0.420 e. The van der Waals surface area contributed by atoms with E-state index in [1.807, 2.05) is 0 Å². The van der Waals surface area contributed by atoms with Crippen LogP contribution >= 0.6 is 11.3 Å². The Morgan fingerprint density at radius 3 is 2.55 bits per heavy atom. The summed E-state index contributed by atoms with van der Waals surface area (Å²) in [7, 11) is -2.35. The normalized spacial score (nSPS) is 20.2. The standard InChI is InChI=1S/C18H19F4N7O2S2/c1-10-5-23-16(32-10)15-12(18(20,21)22)7-24-17(27-15)26-14-3-4-29(9-13(14)19)33(30,31)11-6-25-28(2)8-11/h5-8,13-14H,3-4,9H2,1-2H3,(H,24,26,27)/t13-,14-/m1/s1. The van der Waals surface area contributed by atoms with Gasteiger partial charge in [0.05, 0.1) is 12.2 Å². The number of rotatable bonds is 5. The summed E-state index contributed by atoms with van der Waals surface area (Å²) >= 11 is 1.05. The molecule has 1 aliphatic heterocycles. The molecule has 0 amide bonds. The van der Waals surface area contributed by atoms with Crippen LogP contribution in [0.5, 0.6) is 0 Å². The number of nitrogens with one attached hydrogen (secondary N) is 1. The van der Waals surface area contributed by atoms with Crippen molar-refractivity contribution in [2.75, 3.05) is 18.4 Å². The highest BCUT2D eigenvalue weighted by atomic mass is 32.2. The molecule has 0 radical (unpaired) electrons. The second-order valence-electron chi connectivity index (χ2n) is 7.50. The van der Waals surface area contributed by atoms with Gasteiger partial charge in [0, 0.05) is 43.6 Å². The molecule has 33 heavy (non-hydrogen) atoms. The van der Waals surface area contributed by atoms with Crippen molar-refractivity contribution >= 4 is 27.3 Å². The summed E-state index contributed by atoms with van der Waals surface area (Å²) in [5, 5.41) is 6.62. The Kier molecular flexibility index (Phi) is 6.13. The number of aromatic nitrogens is 5. The van der Waals surface area contributed by atoms with Crippen LogP contribution in [0.2, 0.25) is 0 Å². The van der Waals surface area contributed by atoms with Gasteiger partial charge in [-0.3, -0.25) is 4.68 Å². The van der Waals surface area contributed by atoms with Gasteiger partial charge in [-0.2, -0.15) is 22.6 Å². The molecule has 4 rings (SSSR count). The van der Waals surface area contributed by atoms with Crippen LogP contribution in [0.4, 0.5) is 23.5 Å². The lowest BCUT2D eigenvalue weighted by Gasteiger charge is -2.34. The van der Waals surface area contributed by atoms with E-state index in [2.05, 4.69) is 25.4 Å². The number of aryl methyl sites for hydroxylation is 2. The van der Waals surface area contributed by atoms with E-state index in [4.69, 9.17) is 0 Å². The zero-order chi connectivity index (χ0) is 24.0. The molecule has 3 aromatic heterocycles. The molecule has 0 saturated carbocycles. The highest BCUT2D eigenvalue weighted by Crippen LogP contribution is 2.37. The third kappa shape index (κ3) is 4.84. The van der Waals surface area contributed by atoms with Crippen LogP contribution in [-0.4, -0.2) is 62.8 Å². The number of anilines is 1. The van der Waals surface area contributed by atoms with Crippen LogP contribution in [0.1, 0.15) is 16.9 Å². The molecule has 3 aromatic rings. The molecular weight excluding hydrogens is 486 g/mol. The smallest absolute Gasteiger partial charge is 0.348 e. The zero-order valence-corrected chi connectivity index (χ0v) is 19.0. The predicted molar refractivity (Wildman–Crippen MR) is 112 cm³/mol. The van der Waals surface area contributed by atoms with E-state index in [-0.39, 0.29) is 28.8 Å². The largest absolute Gasteiger partial charge is 0.420 e. The van der Waals surface area contributed by atoms with Gasteiger partial charge in [-0.15, -0.1) is 11.3 Å². The van der Waals surface area contributed by atoms with Gasteiger partial charge in [0.15, 0.2) is 0 Å². The van der Waals surface area contributed by atoms with Crippen LogP contribution in [0, 0.1) is 6.92 Å². The van der Waals surface area contributed by atoms with Gasteiger partial charge in [0.2, 0.25) is 16.0 Å². The van der Waals surface area contributed by atoms with Gasteiger partial charge in [-0.05, 0) is 13.3 Å². The first kappa shape index (κ1) is 23.5. The van der Waals surface area contributed by atoms with E-state index in [0.29, 0.717) is 11.1 Å². The number of hydrogen-bond donors (Lipinski definition) is 1. The average Bonchev–Trinajstić information content (AvgIpc) is 3.37. The van der Waals surface area contributed by atoms with Crippen molar-refractivity contribution < 1.29 is 26.0 Å². The third-order valence-electron chi connectivity index (χ3n) is 5.06. The summed E-state index contributed by atoms with van der Waals surface area (Å²) in [4.78, 5) is 12.3. The second kappa shape index (κ2) is 8.61. The predicted octanol–water partition coefficient (Wildman–Crippen LogP) is 2.87. The van der Waals surface area contributed by atoms with Crippen molar-refractivity contribution in [3.63, 3.8) is 0 Å². The first-order valence-corrected chi connectivity index (χ1v) is 12.0. The molecule has 0 aliphatic carbocycles. The fourth-order valence-electron chi connectivity index (χ4n) is 3.39. The number of piperidine rings is 1. The number of halogens is 4. The summed E-state index contributed by atoms with van der Waals surface area (Å²) in [6.45, 7) is 1.29. The first-order valence-electron chi connectivity index (χ1n) is 9.71. The molecule has 2 atom stereocenters. The number of alkyl halides is 4. The quantitative estimate of drug-likeness (QED) is 0.532. The summed E-state index contributed by atoms with van der Waals surface area (Å²) in [6.07, 6.45) is -1.68. The minimum atomic E-state index is -4.69. The number of thiazole rings is 1. The van der Waals surface area contributed by atoms with Crippen LogP contribution in [0.3, 0.4) is 0 Å². The molecule has 9 nitrogen and oxygen atoms in total. The third-order valence-corrected chi connectivity index (χ3v) is 7.79. The lowest BCUT2D eigenvalue weighted by atomic mass is 10.1. The molecule has 15 heteroatoms. The minimum absolute atomic E-state index is 0.00841. The monoisotopic (exact) mass is 505 g/mol. The molecule has 1 aliphatic rings. The van der Waals surface area contributed by atoms with Crippen molar-refractivity contribution in [1.82, 2.24) is 29.0 Å². The second-order valence-corrected chi connectivity index (χ2v) is 10.7. The van der Waals surface area contributed by atoms with E-state index in [1.54, 1.807) is 14.0 Å². The number of hydrogen-bond acceptors (Lipinski definition) is 8. The average molecular weight is 506 g/mol. The van der Waals surface area contributed by atoms with Crippen LogP contribution in [-0.2, 0) is 23.2 Å². The summed E-state index contributed by atoms with van der Waals surface area (Å²) in [5.41, 5.74) is -1.44. The Morgan fingerprint density at radius 2 is 1.97 bits per heavy atom. The van der Waals surface area contributed by atoms with E-state index >= 15 is 0 Å². The van der Waals surface area contributed by atoms with Crippen LogP contribution < -0.4 is 5.32 Å². The van der Waals surface area contributed by atoms with Crippen molar-refractivity contribution in [1.29, 1.82) is 0 Å². The molecule has 0 aromatic carbocycles. The fourth-order valence-corrected chi connectivity index (χ4v) is 5.61. The molecule has 4 heterocycles. The molecule has 0 unspecified atom stereocenters. The maximum atomic E-state index is 14.9. The van der Waals surface area contributed by atoms with Crippen molar-refractivity contribution in [3.05, 3.63) is 35.2 Å². The fraction of sp³-hybridized carbons (Fsp3) is 0.444. The van der Waals surface area contributed by atoms with Gasteiger partial charge in [-0.1, -0.05) is 0 Å². The SMILES string of the molecule is Cc1cnc(-c2nc(N[C@@H]3CCN(S(=O)(=O)c4cnn(C)c4)C[C@H]3F)ncc2C(F)(F)F)s1. The van der Waals surface area contributed by atoms with Gasteiger partial charge in [0.25, 0.3) is 0 Å². The number of sulfonamides is 1. The lowest BCUT2D eigenvalue weighted by molar-refractivity contribution is -0.137. The summed E-state index contributed by atoms with van der Waals surface area (Å²) in [5.74, 6) is -0.193. The number of nitrogens with zero attached hydrogens (tertiary/aromatic N) is 6. The van der Waals surface area contributed by atoms with E-state index in [0.717, 1.165) is 15.6 Å². The Morgan fingerprint density at radius 1 is 1.21 bits per heavy atom. The van der Waals surface area contributed by atoms with E-state index < -0.39 is 46.2 Å². The Labute approximate surface area is 190 Å². The van der Waals surface area contributed by atoms with Crippen LogP contribution in [0.25, 0.3) is 10.7 Å². The van der Waals surface area contributed by atoms with Crippen molar-refractivity contribution in [2.24, 2.45) is 7.05 Å². The Bertz CT molecular complexity index is 1260. The Hall–Kier alpha value is -2.65. The molecule has 178 valence electrons. The van der Waals surface area contributed by atoms with Gasteiger partial charge >= 0.3 is 6.18 Å². The molecule has 1 N–H and O–H groups in total. The summed E-state index contributed by atoms with van der Waals surface area (Å²) < 4.78 is 82.9. The maximum absolute atomic E-state index is 14.9. The molecular formula is C18H19F4N7O2S2. The first-order chi connectivity index (χ1) is 15.4. The van der Waals surface area contributed by atoms with E-state index in [9.17, 15) is 26.0 Å². The van der Waals surface area contributed by atoms with Gasteiger partial charge in [-0.25, -0.2) is 27.8 Å². The zero-order valence-electron chi connectivity index (χ0n) is 17.4. The van der Waals surface area contributed by atoms with Crippen LogP contribution in [0.15, 0.2) is 29.7 Å². The highest BCUT2D eigenvalue weighted by Gasteiger charge is 2.38. The molecule has 0 bridgehead atoms. The summed E-state index contributed by atoms with van der Waals surface area (Å²) in [6, 6.07) is -0.882. The topological polar surface area (TPSA) is 106 Å². The Balaban J connectivity index is 1.53. The van der Waals surface area contributed by atoms with E-state index in [1.165, 1.54) is 23.3 Å². The van der Waals surface area contributed by atoms with Gasteiger partial charge in [0.1, 0.15) is 27.3 Å². The molecule has 1 fully saturated rings. The van der Waals surface area contributed by atoms with Crippen molar-refractivity contribution in [2.45, 2.75) is 36.6 Å². The molecule has 1 saturated heterocycles. The minimum Gasteiger partial charge on any atom is -0.348 e.